The van der Waals surface area contributed by atoms with Gasteiger partial charge < -0.3 is 14.8 Å². The molecule has 3 nitrogen and oxygen atoms in total. The van der Waals surface area contributed by atoms with E-state index in [1.807, 2.05) is 19.1 Å². The zero-order valence-corrected chi connectivity index (χ0v) is 12.6. The van der Waals surface area contributed by atoms with Crippen LogP contribution in [0.4, 0.5) is 0 Å². The predicted molar refractivity (Wildman–Crippen MR) is 79.7 cm³/mol. The summed E-state index contributed by atoms with van der Waals surface area (Å²) in [6.07, 6.45) is 1.04. The summed E-state index contributed by atoms with van der Waals surface area (Å²) < 4.78 is 10.9. The molecule has 1 N–H and O–H groups in total. The fourth-order valence-corrected chi connectivity index (χ4v) is 2.33. The minimum Gasteiger partial charge on any atom is -0.494 e. The van der Waals surface area contributed by atoms with Crippen LogP contribution in [-0.2, 0) is 4.74 Å². The number of ether oxygens (including phenoxy) is 2. The fraction of sp³-hybridized carbons (Fsp3) is 0.625. The average Bonchev–Trinajstić information content (AvgIpc) is 2.43. The molecular weight excluding hydrogens is 238 g/mol. The van der Waals surface area contributed by atoms with Crippen molar-refractivity contribution in [3.63, 3.8) is 0 Å². The van der Waals surface area contributed by atoms with Gasteiger partial charge in [0.05, 0.1) is 6.61 Å². The second kappa shape index (κ2) is 8.94. The Morgan fingerprint density at radius 1 is 1.21 bits per heavy atom. The van der Waals surface area contributed by atoms with Crippen molar-refractivity contribution in [1.29, 1.82) is 0 Å². The zero-order chi connectivity index (χ0) is 14.1. The Labute approximate surface area is 117 Å². The highest BCUT2D eigenvalue weighted by Crippen LogP contribution is 2.31. The van der Waals surface area contributed by atoms with Gasteiger partial charge in [0.15, 0.2) is 0 Å². The van der Waals surface area contributed by atoms with Crippen molar-refractivity contribution in [2.24, 2.45) is 5.92 Å². The van der Waals surface area contributed by atoms with E-state index in [0.717, 1.165) is 25.3 Å². The van der Waals surface area contributed by atoms with Gasteiger partial charge in [-0.1, -0.05) is 32.0 Å². The maximum Gasteiger partial charge on any atom is 0.124 e. The first-order chi connectivity index (χ1) is 9.24. The van der Waals surface area contributed by atoms with Crippen LogP contribution in [0, 0.1) is 5.92 Å². The molecule has 3 heteroatoms. The summed E-state index contributed by atoms with van der Waals surface area (Å²) in [5.74, 6) is 1.49. The number of methoxy groups -OCH3 is 1. The molecule has 0 amide bonds. The Kier molecular flexibility index (Phi) is 7.53. The van der Waals surface area contributed by atoms with Gasteiger partial charge in [0.25, 0.3) is 0 Å². The summed E-state index contributed by atoms with van der Waals surface area (Å²) >= 11 is 0. The summed E-state index contributed by atoms with van der Waals surface area (Å²) in [7, 11) is 1.75. The van der Waals surface area contributed by atoms with Gasteiger partial charge in [0.2, 0.25) is 0 Å². The Morgan fingerprint density at radius 3 is 2.58 bits per heavy atom. The fourth-order valence-electron chi connectivity index (χ4n) is 2.33. The van der Waals surface area contributed by atoms with Crippen LogP contribution in [0.15, 0.2) is 24.3 Å². The molecule has 0 aliphatic carbocycles. The predicted octanol–water partition coefficient (Wildman–Crippen LogP) is 3.41. The highest BCUT2D eigenvalue weighted by Gasteiger charge is 2.21. The molecule has 0 aliphatic heterocycles. The van der Waals surface area contributed by atoms with Crippen LogP contribution in [0.25, 0.3) is 0 Å². The molecular formula is C16H27NO2. The number of rotatable bonds is 9. The van der Waals surface area contributed by atoms with Crippen molar-refractivity contribution in [3.05, 3.63) is 29.8 Å². The van der Waals surface area contributed by atoms with E-state index in [2.05, 4.69) is 31.3 Å². The molecule has 1 aromatic carbocycles. The molecule has 0 aromatic heterocycles. The second-order valence-corrected chi connectivity index (χ2v) is 4.76. The lowest BCUT2D eigenvalue weighted by Crippen LogP contribution is -2.28. The van der Waals surface area contributed by atoms with E-state index in [9.17, 15) is 0 Å². The maximum absolute atomic E-state index is 5.75. The molecule has 0 saturated heterocycles. The quantitative estimate of drug-likeness (QED) is 0.742. The van der Waals surface area contributed by atoms with Crippen LogP contribution in [0.2, 0.25) is 0 Å². The monoisotopic (exact) mass is 265 g/mol. The van der Waals surface area contributed by atoms with Crippen molar-refractivity contribution in [1.82, 2.24) is 5.32 Å². The van der Waals surface area contributed by atoms with Gasteiger partial charge in [-0.3, -0.25) is 0 Å². The Bertz CT molecular complexity index is 354. The molecule has 0 spiro atoms. The Morgan fingerprint density at radius 2 is 1.95 bits per heavy atom. The first kappa shape index (κ1) is 16.0. The molecule has 0 bridgehead atoms. The van der Waals surface area contributed by atoms with Crippen molar-refractivity contribution in [3.8, 4) is 5.75 Å². The summed E-state index contributed by atoms with van der Waals surface area (Å²) in [6.45, 7) is 8.85. The van der Waals surface area contributed by atoms with Gasteiger partial charge in [0, 0.05) is 25.3 Å². The van der Waals surface area contributed by atoms with E-state index in [0.29, 0.717) is 18.6 Å². The molecule has 108 valence electrons. The zero-order valence-electron chi connectivity index (χ0n) is 12.6. The van der Waals surface area contributed by atoms with E-state index >= 15 is 0 Å². The van der Waals surface area contributed by atoms with Crippen LogP contribution >= 0.6 is 0 Å². The van der Waals surface area contributed by atoms with Gasteiger partial charge >= 0.3 is 0 Å². The molecule has 2 unspecified atom stereocenters. The molecule has 0 radical (unpaired) electrons. The van der Waals surface area contributed by atoms with Crippen LogP contribution in [0.1, 0.15) is 38.8 Å². The lowest BCUT2D eigenvalue weighted by atomic mass is 9.91. The molecule has 1 aromatic rings. The topological polar surface area (TPSA) is 30.5 Å². The Balaban J connectivity index is 2.90. The van der Waals surface area contributed by atoms with Crippen LogP contribution < -0.4 is 10.1 Å². The third-order valence-electron chi connectivity index (χ3n) is 3.32. The van der Waals surface area contributed by atoms with Crippen LogP contribution in [0.5, 0.6) is 5.75 Å². The van der Waals surface area contributed by atoms with Gasteiger partial charge in [-0.2, -0.15) is 0 Å². The average molecular weight is 265 g/mol. The molecule has 1 rings (SSSR count). The largest absolute Gasteiger partial charge is 0.494 e. The highest BCUT2D eigenvalue weighted by atomic mass is 16.5. The molecule has 2 atom stereocenters. The highest BCUT2D eigenvalue weighted by molar-refractivity contribution is 5.36. The molecule has 0 heterocycles. The summed E-state index contributed by atoms with van der Waals surface area (Å²) in [6, 6.07) is 8.61. The summed E-state index contributed by atoms with van der Waals surface area (Å²) in [4.78, 5) is 0. The minimum absolute atomic E-state index is 0.308. The van der Waals surface area contributed by atoms with E-state index < -0.39 is 0 Å². The first-order valence-corrected chi connectivity index (χ1v) is 7.18. The Hall–Kier alpha value is -1.06. The van der Waals surface area contributed by atoms with Crippen molar-refractivity contribution < 1.29 is 9.47 Å². The normalized spacial score (nSPS) is 14.1. The lowest BCUT2D eigenvalue weighted by Gasteiger charge is -2.27. The third-order valence-corrected chi connectivity index (χ3v) is 3.32. The maximum atomic E-state index is 5.75. The van der Waals surface area contributed by atoms with Crippen LogP contribution in [0.3, 0.4) is 0 Å². The smallest absolute Gasteiger partial charge is 0.124 e. The number of nitrogens with one attached hydrogen (secondary N) is 1. The minimum atomic E-state index is 0.308. The van der Waals surface area contributed by atoms with E-state index in [1.165, 1.54) is 5.56 Å². The number of hydrogen-bond donors (Lipinski definition) is 1. The van der Waals surface area contributed by atoms with Crippen molar-refractivity contribution in [2.45, 2.75) is 33.2 Å². The molecule has 0 aliphatic rings. The second-order valence-electron chi connectivity index (χ2n) is 4.76. The number of benzene rings is 1. The van der Waals surface area contributed by atoms with E-state index in [-0.39, 0.29) is 0 Å². The third kappa shape index (κ3) is 4.84. The van der Waals surface area contributed by atoms with Gasteiger partial charge in [-0.05, 0) is 31.9 Å². The van der Waals surface area contributed by atoms with Crippen LogP contribution in [-0.4, -0.2) is 26.9 Å². The summed E-state index contributed by atoms with van der Waals surface area (Å²) in [5, 5.41) is 3.57. The van der Waals surface area contributed by atoms with Crippen molar-refractivity contribution in [2.75, 3.05) is 26.9 Å². The summed E-state index contributed by atoms with van der Waals surface area (Å²) in [5.41, 5.74) is 1.25. The number of hydrogen-bond acceptors (Lipinski definition) is 3. The van der Waals surface area contributed by atoms with Gasteiger partial charge in [-0.25, -0.2) is 0 Å². The SMILES string of the molecule is CCNC(c1ccccc1OCC)C(C)CCOC. The first-order valence-electron chi connectivity index (χ1n) is 7.18. The van der Waals surface area contributed by atoms with Crippen molar-refractivity contribution >= 4 is 0 Å². The lowest BCUT2D eigenvalue weighted by molar-refractivity contribution is 0.169. The molecule has 19 heavy (non-hydrogen) atoms. The van der Waals surface area contributed by atoms with Gasteiger partial charge in [0.1, 0.15) is 5.75 Å². The molecule has 0 fully saturated rings. The van der Waals surface area contributed by atoms with Gasteiger partial charge in [-0.15, -0.1) is 0 Å². The number of para-hydroxylation sites is 1. The standard InChI is InChI=1S/C16H27NO2/c1-5-17-16(13(3)11-12-18-4)14-9-7-8-10-15(14)19-6-2/h7-10,13,16-17H,5-6,11-12H2,1-4H3. The molecule has 0 saturated carbocycles. The van der Waals surface area contributed by atoms with E-state index in [4.69, 9.17) is 9.47 Å². The van der Waals surface area contributed by atoms with E-state index in [1.54, 1.807) is 7.11 Å².